The normalized spacial score (nSPS) is 12.9. The third-order valence-corrected chi connectivity index (χ3v) is 3.06. The third-order valence-electron chi connectivity index (χ3n) is 2.06. The topological polar surface area (TPSA) is 71.8 Å². The highest BCUT2D eigenvalue weighted by Crippen LogP contribution is 2.22. The molecule has 0 bridgehead atoms. The molecule has 0 saturated heterocycles. The predicted molar refractivity (Wildman–Crippen MR) is 60.6 cm³/mol. The van der Waals surface area contributed by atoms with Crippen molar-refractivity contribution >= 4 is 28.7 Å². The standard InChI is InChI=1S/C10H11N3OS/c1-6(9(11)14)15-10-12-7-4-2-3-5-8(7)13-10/h2-6H,1H3,(H2,11,14)(H,12,13). The fourth-order valence-electron chi connectivity index (χ4n) is 1.21. The Morgan fingerprint density at radius 1 is 1.53 bits per heavy atom. The molecule has 2 aromatic rings. The number of thioether (sulfide) groups is 1. The lowest BCUT2D eigenvalue weighted by atomic mass is 10.3. The number of amides is 1. The van der Waals surface area contributed by atoms with Crippen LogP contribution in [0, 0.1) is 0 Å². The smallest absolute Gasteiger partial charge is 0.230 e. The van der Waals surface area contributed by atoms with Gasteiger partial charge in [-0.1, -0.05) is 23.9 Å². The SMILES string of the molecule is CC(Sc1nc2ccccc2[nH]1)C(N)=O. The first-order valence-electron chi connectivity index (χ1n) is 4.57. The number of aromatic amines is 1. The molecule has 3 N–H and O–H groups in total. The second kappa shape index (κ2) is 3.94. The average molecular weight is 221 g/mol. The van der Waals surface area contributed by atoms with Crippen LogP contribution in [0.4, 0.5) is 0 Å². The fourth-order valence-corrected chi connectivity index (χ4v) is 1.98. The number of hydrogen-bond acceptors (Lipinski definition) is 3. The van der Waals surface area contributed by atoms with E-state index in [0.29, 0.717) is 0 Å². The molecule has 1 aromatic heterocycles. The molecule has 78 valence electrons. The summed E-state index contributed by atoms with van der Waals surface area (Å²) in [4.78, 5) is 18.3. The van der Waals surface area contributed by atoms with Crippen molar-refractivity contribution < 1.29 is 4.79 Å². The molecule has 1 amide bonds. The summed E-state index contributed by atoms with van der Waals surface area (Å²) < 4.78 is 0. The van der Waals surface area contributed by atoms with Crippen LogP contribution in [0.1, 0.15) is 6.92 Å². The van der Waals surface area contributed by atoms with E-state index in [1.54, 1.807) is 6.92 Å². The Bertz CT molecular complexity index is 461. The molecule has 1 unspecified atom stereocenters. The number of aromatic nitrogens is 2. The number of nitrogens with zero attached hydrogens (tertiary/aromatic N) is 1. The van der Waals surface area contributed by atoms with Gasteiger partial charge < -0.3 is 10.7 Å². The molecular formula is C10H11N3OS. The van der Waals surface area contributed by atoms with E-state index < -0.39 is 0 Å². The minimum atomic E-state index is -0.333. The molecule has 0 saturated carbocycles. The van der Waals surface area contributed by atoms with Gasteiger partial charge in [0.15, 0.2) is 5.16 Å². The van der Waals surface area contributed by atoms with Gasteiger partial charge in [-0.05, 0) is 19.1 Å². The van der Waals surface area contributed by atoms with Crippen molar-refractivity contribution in [2.24, 2.45) is 5.73 Å². The van der Waals surface area contributed by atoms with Crippen molar-refractivity contribution in [2.75, 3.05) is 0 Å². The van der Waals surface area contributed by atoms with Gasteiger partial charge in [-0.2, -0.15) is 0 Å². The van der Waals surface area contributed by atoms with Gasteiger partial charge in [-0.15, -0.1) is 0 Å². The first-order chi connectivity index (χ1) is 7.16. The summed E-state index contributed by atoms with van der Waals surface area (Å²) in [6.45, 7) is 1.76. The number of nitrogens with one attached hydrogen (secondary N) is 1. The Balaban J connectivity index is 2.26. The van der Waals surface area contributed by atoms with Crippen LogP contribution in [0.5, 0.6) is 0 Å². The zero-order valence-electron chi connectivity index (χ0n) is 8.23. The molecule has 2 rings (SSSR count). The molecule has 5 heteroatoms. The second-order valence-electron chi connectivity index (χ2n) is 3.22. The van der Waals surface area contributed by atoms with Crippen molar-refractivity contribution in [2.45, 2.75) is 17.3 Å². The Hall–Kier alpha value is -1.49. The summed E-state index contributed by atoms with van der Waals surface area (Å²) in [5.74, 6) is -0.333. The number of benzene rings is 1. The molecule has 0 aliphatic carbocycles. The van der Waals surface area contributed by atoms with Gasteiger partial charge in [-0.3, -0.25) is 4.79 Å². The molecular weight excluding hydrogens is 210 g/mol. The van der Waals surface area contributed by atoms with Crippen molar-refractivity contribution in [1.29, 1.82) is 0 Å². The summed E-state index contributed by atoms with van der Waals surface area (Å²) in [6, 6.07) is 7.73. The van der Waals surface area contributed by atoms with Gasteiger partial charge in [0, 0.05) is 0 Å². The molecule has 15 heavy (non-hydrogen) atoms. The quantitative estimate of drug-likeness (QED) is 0.772. The van der Waals surface area contributed by atoms with Gasteiger partial charge >= 0.3 is 0 Å². The van der Waals surface area contributed by atoms with Crippen LogP contribution < -0.4 is 5.73 Å². The summed E-state index contributed by atoms with van der Waals surface area (Å²) in [6.07, 6.45) is 0. The lowest BCUT2D eigenvalue weighted by Gasteiger charge is -2.02. The van der Waals surface area contributed by atoms with Crippen molar-refractivity contribution in [1.82, 2.24) is 9.97 Å². The van der Waals surface area contributed by atoms with Crippen LogP contribution in [0.25, 0.3) is 11.0 Å². The van der Waals surface area contributed by atoms with Crippen LogP contribution >= 0.6 is 11.8 Å². The highest BCUT2D eigenvalue weighted by Gasteiger charge is 2.12. The van der Waals surface area contributed by atoms with E-state index in [2.05, 4.69) is 9.97 Å². The molecule has 1 heterocycles. The van der Waals surface area contributed by atoms with Gasteiger partial charge in [0.25, 0.3) is 0 Å². The van der Waals surface area contributed by atoms with Crippen LogP contribution in [0.3, 0.4) is 0 Å². The summed E-state index contributed by atoms with van der Waals surface area (Å²) in [5.41, 5.74) is 7.05. The van der Waals surface area contributed by atoms with Crippen molar-refractivity contribution in [3.8, 4) is 0 Å². The van der Waals surface area contributed by atoms with Crippen LogP contribution in [0.15, 0.2) is 29.4 Å². The summed E-state index contributed by atoms with van der Waals surface area (Å²) in [7, 11) is 0. The maximum absolute atomic E-state index is 10.9. The lowest BCUT2D eigenvalue weighted by molar-refractivity contribution is -0.117. The van der Waals surface area contributed by atoms with Crippen LogP contribution in [0.2, 0.25) is 0 Å². The minimum Gasteiger partial charge on any atom is -0.369 e. The van der Waals surface area contributed by atoms with Gasteiger partial charge in [0.2, 0.25) is 5.91 Å². The van der Waals surface area contributed by atoms with E-state index in [4.69, 9.17) is 5.73 Å². The van der Waals surface area contributed by atoms with E-state index in [1.165, 1.54) is 11.8 Å². The first-order valence-corrected chi connectivity index (χ1v) is 5.45. The van der Waals surface area contributed by atoms with Gasteiger partial charge in [0.05, 0.1) is 16.3 Å². The molecule has 0 fully saturated rings. The van der Waals surface area contributed by atoms with Gasteiger partial charge in [0.1, 0.15) is 0 Å². The number of hydrogen-bond donors (Lipinski definition) is 2. The lowest BCUT2D eigenvalue weighted by Crippen LogP contribution is -2.22. The number of imidazole rings is 1. The number of para-hydroxylation sites is 2. The molecule has 0 aliphatic heterocycles. The highest BCUT2D eigenvalue weighted by atomic mass is 32.2. The second-order valence-corrected chi connectivity index (χ2v) is 4.55. The zero-order valence-corrected chi connectivity index (χ0v) is 9.04. The van der Waals surface area contributed by atoms with E-state index in [0.717, 1.165) is 16.2 Å². The minimum absolute atomic E-state index is 0.273. The maximum atomic E-state index is 10.9. The Morgan fingerprint density at radius 3 is 2.93 bits per heavy atom. The molecule has 4 nitrogen and oxygen atoms in total. The van der Waals surface area contributed by atoms with Crippen molar-refractivity contribution in [3.63, 3.8) is 0 Å². The number of carbonyl (C=O) groups is 1. The highest BCUT2D eigenvalue weighted by molar-refractivity contribution is 8.00. The Kier molecular flexibility index (Phi) is 2.64. The number of nitrogens with two attached hydrogens (primary N) is 1. The van der Waals surface area contributed by atoms with E-state index >= 15 is 0 Å². The summed E-state index contributed by atoms with van der Waals surface area (Å²) in [5, 5.41) is 0.452. The molecule has 0 spiro atoms. The molecule has 0 radical (unpaired) electrons. The van der Waals surface area contributed by atoms with Crippen molar-refractivity contribution in [3.05, 3.63) is 24.3 Å². The molecule has 1 atom stereocenters. The molecule has 1 aromatic carbocycles. The van der Waals surface area contributed by atoms with E-state index in [9.17, 15) is 4.79 Å². The largest absolute Gasteiger partial charge is 0.369 e. The average Bonchev–Trinajstić information content (AvgIpc) is 2.59. The zero-order chi connectivity index (χ0) is 10.8. The molecule has 0 aliphatic rings. The number of fused-ring (bicyclic) bond motifs is 1. The number of primary amides is 1. The maximum Gasteiger partial charge on any atom is 0.230 e. The van der Waals surface area contributed by atoms with Gasteiger partial charge in [-0.25, -0.2) is 4.98 Å². The van der Waals surface area contributed by atoms with Crippen LogP contribution in [-0.4, -0.2) is 21.1 Å². The predicted octanol–water partition coefficient (Wildman–Crippen LogP) is 1.53. The Labute approximate surface area is 91.3 Å². The fraction of sp³-hybridized carbons (Fsp3) is 0.200. The monoisotopic (exact) mass is 221 g/mol. The number of H-pyrrole nitrogens is 1. The van der Waals surface area contributed by atoms with Crippen LogP contribution in [-0.2, 0) is 4.79 Å². The van der Waals surface area contributed by atoms with E-state index in [-0.39, 0.29) is 11.2 Å². The first kappa shape index (κ1) is 10.0. The number of carbonyl (C=O) groups excluding carboxylic acids is 1. The van der Waals surface area contributed by atoms with E-state index in [1.807, 2.05) is 24.3 Å². The summed E-state index contributed by atoms with van der Waals surface area (Å²) >= 11 is 1.34. The number of rotatable bonds is 3. The Morgan fingerprint density at radius 2 is 2.27 bits per heavy atom. The third kappa shape index (κ3) is 2.12.